The van der Waals surface area contributed by atoms with Crippen molar-refractivity contribution in [3.63, 3.8) is 0 Å². The number of rotatable bonds is 6. The van der Waals surface area contributed by atoms with E-state index < -0.39 is 0 Å². The van der Waals surface area contributed by atoms with Gasteiger partial charge in [-0.15, -0.1) is 0 Å². The summed E-state index contributed by atoms with van der Waals surface area (Å²) in [6, 6.07) is 28.0. The standard InChI is InChI=1S/C26H23N3O2/c1-31-21-14-12-18(13-15-21)16-17-29-25(20-10-6-3-7-11-20)22-23(19-8-4-2-5-9-19)27-28-24(22)26(29)30/h2-15,25H,16-17H2,1H3,(H,27,28). The van der Waals surface area contributed by atoms with Crippen molar-refractivity contribution in [2.45, 2.75) is 12.5 Å². The van der Waals surface area contributed by atoms with E-state index in [1.807, 2.05) is 77.7 Å². The second kappa shape index (κ2) is 8.11. The molecule has 0 spiro atoms. The Labute approximate surface area is 181 Å². The summed E-state index contributed by atoms with van der Waals surface area (Å²) in [5.41, 5.74) is 5.63. The van der Waals surface area contributed by atoms with E-state index in [1.54, 1.807) is 7.11 Å². The highest BCUT2D eigenvalue weighted by molar-refractivity contribution is 6.00. The number of carbonyl (C=O) groups is 1. The lowest BCUT2D eigenvalue weighted by Gasteiger charge is -2.26. The number of nitrogens with zero attached hydrogens (tertiary/aromatic N) is 2. The van der Waals surface area contributed by atoms with Crippen molar-refractivity contribution in [3.8, 4) is 17.0 Å². The molecule has 0 saturated carbocycles. The number of amides is 1. The second-order valence-electron chi connectivity index (χ2n) is 7.64. The predicted octanol–water partition coefficient (Wildman–Crippen LogP) is 4.87. The van der Waals surface area contributed by atoms with Crippen molar-refractivity contribution in [2.75, 3.05) is 13.7 Å². The van der Waals surface area contributed by atoms with Crippen molar-refractivity contribution in [3.05, 3.63) is 107 Å². The van der Waals surface area contributed by atoms with Gasteiger partial charge in [0, 0.05) is 17.7 Å². The Kier molecular flexibility index (Phi) is 5.00. The minimum atomic E-state index is -0.170. The molecular formula is C26H23N3O2. The molecule has 5 nitrogen and oxygen atoms in total. The van der Waals surface area contributed by atoms with Crippen LogP contribution in [0.2, 0.25) is 0 Å². The first kappa shape index (κ1) is 19.1. The molecule has 0 bridgehead atoms. The second-order valence-corrected chi connectivity index (χ2v) is 7.64. The fourth-order valence-corrected chi connectivity index (χ4v) is 4.27. The maximum atomic E-state index is 13.4. The maximum absolute atomic E-state index is 13.4. The largest absolute Gasteiger partial charge is 0.497 e. The molecule has 4 aromatic rings. The first-order valence-corrected chi connectivity index (χ1v) is 10.4. The molecule has 1 aliphatic heterocycles. The Morgan fingerprint density at radius 3 is 2.29 bits per heavy atom. The topological polar surface area (TPSA) is 58.2 Å². The number of fused-ring (bicyclic) bond motifs is 1. The SMILES string of the molecule is COc1ccc(CCN2C(=O)c3[nH]nc(-c4ccccc4)c3C2c2ccccc2)cc1. The molecule has 1 aliphatic rings. The van der Waals surface area contributed by atoms with Crippen LogP contribution in [0.25, 0.3) is 11.3 Å². The Morgan fingerprint density at radius 1 is 0.935 bits per heavy atom. The van der Waals surface area contributed by atoms with Gasteiger partial charge in [-0.2, -0.15) is 5.10 Å². The monoisotopic (exact) mass is 409 g/mol. The molecule has 31 heavy (non-hydrogen) atoms. The zero-order valence-corrected chi connectivity index (χ0v) is 17.3. The summed E-state index contributed by atoms with van der Waals surface area (Å²) >= 11 is 0. The fraction of sp³-hybridized carbons (Fsp3) is 0.154. The third-order valence-corrected chi connectivity index (χ3v) is 5.83. The number of aromatic nitrogens is 2. The molecule has 5 heteroatoms. The van der Waals surface area contributed by atoms with Gasteiger partial charge in [-0.1, -0.05) is 72.8 Å². The molecule has 3 aromatic carbocycles. The van der Waals surface area contributed by atoms with Crippen LogP contribution in [-0.2, 0) is 6.42 Å². The predicted molar refractivity (Wildman–Crippen MR) is 120 cm³/mol. The van der Waals surface area contributed by atoms with Crippen LogP contribution in [0.1, 0.15) is 33.2 Å². The van der Waals surface area contributed by atoms with E-state index in [0.717, 1.165) is 40.1 Å². The highest BCUT2D eigenvalue weighted by atomic mass is 16.5. The number of benzene rings is 3. The van der Waals surface area contributed by atoms with Crippen molar-refractivity contribution < 1.29 is 9.53 Å². The van der Waals surface area contributed by atoms with Gasteiger partial charge in [0.05, 0.1) is 18.8 Å². The number of hydrogen-bond donors (Lipinski definition) is 1. The first-order chi connectivity index (χ1) is 15.3. The zero-order valence-electron chi connectivity index (χ0n) is 17.3. The summed E-state index contributed by atoms with van der Waals surface area (Å²) in [6.45, 7) is 0.613. The van der Waals surface area contributed by atoms with Gasteiger partial charge in [0.15, 0.2) is 0 Å². The molecular weight excluding hydrogens is 386 g/mol. The third kappa shape index (κ3) is 3.48. The minimum absolute atomic E-state index is 0.00736. The van der Waals surface area contributed by atoms with Crippen LogP contribution in [0.15, 0.2) is 84.9 Å². The number of aromatic amines is 1. The summed E-state index contributed by atoms with van der Waals surface area (Å²) < 4.78 is 5.25. The van der Waals surface area contributed by atoms with Gasteiger partial charge in [-0.05, 0) is 29.7 Å². The Morgan fingerprint density at radius 2 is 1.61 bits per heavy atom. The van der Waals surface area contributed by atoms with E-state index in [0.29, 0.717) is 12.2 Å². The van der Waals surface area contributed by atoms with E-state index in [-0.39, 0.29) is 11.9 Å². The molecule has 0 saturated heterocycles. The highest BCUT2D eigenvalue weighted by Crippen LogP contribution is 2.42. The summed E-state index contributed by atoms with van der Waals surface area (Å²) in [6.07, 6.45) is 0.761. The van der Waals surface area contributed by atoms with Gasteiger partial charge in [-0.3, -0.25) is 9.89 Å². The van der Waals surface area contributed by atoms with E-state index in [1.165, 1.54) is 0 Å². The lowest BCUT2D eigenvalue weighted by molar-refractivity contribution is 0.0746. The Bertz CT molecular complexity index is 1180. The summed E-state index contributed by atoms with van der Waals surface area (Å²) in [4.78, 5) is 15.3. The lowest BCUT2D eigenvalue weighted by Crippen LogP contribution is -2.31. The number of hydrogen-bond acceptors (Lipinski definition) is 3. The zero-order chi connectivity index (χ0) is 21.2. The van der Waals surface area contributed by atoms with Crippen LogP contribution in [0.5, 0.6) is 5.75 Å². The molecule has 154 valence electrons. The van der Waals surface area contributed by atoms with Crippen LogP contribution in [0.3, 0.4) is 0 Å². The average Bonchev–Trinajstić information content (AvgIpc) is 3.38. The summed E-state index contributed by atoms with van der Waals surface area (Å²) in [5.74, 6) is 0.823. The number of carbonyl (C=O) groups excluding carboxylic acids is 1. The van der Waals surface area contributed by atoms with Crippen LogP contribution in [0, 0.1) is 0 Å². The normalized spacial score (nSPS) is 15.2. The number of methoxy groups -OCH3 is 1. The molecule has 1 aromatic heterocycles. The molecule has 0 aliphatic carbocycles. The molecule has 1 N–H and O–H groups in total. The number of nitrogens with one attached hydrogen (secondary N) is 1. The smallest absolute Gasteiger partial charge is 0.273 e. The van der Waals surface area contributed by atoms with Crippen LogP contribution >= 0.6 is 0 Å². The Balaban J connectivity index is 1.51. The quantitative estimate of drug-likeness (QED) is 0.494. The van der Waals surface area contributed by atoms with Gasteiger partial charge >= 0.3 is 0 Å². The highest BCUT2D eigenvalue weighted by Gasteiger charge is 2.41. The van der Waals surface area contributed by atoms with Crippen molar-refractivity contribution in [1.29, 1.82) is 0 Å². The van der Waals surface area contributed by atoms with E-state index in [2.05, 4.69) is 22.3 Å². The molecule has 1 unspecified atom stereocenters. The van der Waals surface area contributed by atoms with E-state index in [4.69, 9.17) is 4.74 Å². The van der Waals surface area contributed by atoms with E-state index >= 15 is 0 Å². The number of ether oxygens (including phenoxy) is 1. The lowest BCUT2D eigenvalue weighted by atomic mass is 9.96. The summed E-state index contributed by atoms with van der Waals surface area (Å²) in [7, 11) is 1.66. The molecule has 5 rings (SSSR count). The van der Waals surface area contributed by atoms with Gasteiger partial charge in [0.2, 0.25) is 0 Å². The van der Waals surface area contributed by atoms with Crippen molar-refractivity contribution in [1.82, 2.24) is 15.1 Å². The minimum Gasteiger partial charge on any atom is -0.497 e. The molecule has 1 amide bonds. The van der Waals surface area contributed by atoms with Gasteiger partial charge < -0.3 is 9.64 Å². The molecule has 0 radical (unpaired) electrons. The maximum Gasteiger partial charge on any atom is 0.273 e. The molecule has 0 fully saturated rings. The van der Waals surface area contributed by atoms with Crippen molar-refractivity contribution >= 4 is 5.91 Å². The van der Waals surface area contributed by atoms with Gasteiger partial charge in [0.25, 0.3) is 5.91 Å². The summed E-state index contributed by atoms with van der Waals surface area (Å²) in [5, 5.41) is 7.54. The van der Waals surface area contributed by atoms with Crippen molar-refractivity contribution in [2.24, 2.45) is 0 Å². The van der Waals surface area contributed by atoms with E-state index in [9.17, 15) is 4.79 Å². The van der Waals surface area contributed by atoms with Gasteiger partial charge in [0.1, 0.15) is 11.4 Å². The fourth-order valence-electron chi connectivity index (χ4n) is 4.27. The van der Waals surface area contributed by atoms with Gasteiger partial charge in [-0.25, -0.2) is 0 Å². The average molecular weight is 409 g/mol. The van der Waals surface area contributed by atoms with Crippen LogP contribution < -0.4 is 4.74 Å². The molecule has 2 heterocycles. The van der Waals surface area contributed by atoms with Crippen LogP contribution in [-0.4, -0.2) is 34.7 Å². The Hall–Kier alpha value is -3.86. The molecule has 1 atom stereocenters. The third-order valence-electron chi connectivity index (χ3n) is 5.83. The first-order valence-electron chi connectivity index (χ1n) is 10.4. The number of H-pyrrole nitrogens is 1. The van der Waals surface area contributed by atoms with Crippen LogP contribution in [0.4, 0.5) is 0 Å².